The third-order valence-electron chi connectivity index (χ3n) is 2.56. The Balaban J connectivity index is 2.24. The first kappa shape index (κ1) is 12.9. The second kappa shape index (κ2) is 5.43. The number of nitrogens with one attached hydrogen (secondary N) is 1. The molecule has 0 fully saturated rings. The van der Waals surface area contributed by atoms with Gasteiger partial charge in [0.05, 0.1) is 18.7 Å². The van der Waals surface area contributed by atoms with Crippen LogP contribution in [0.1, 0.15) is 12.6 Å². The number of H-pyrrole nitrogens is 1. The minimum absolute atomic E-state index is 0.0467. The van der Waals surface area contributed by atoms with Crippen LogP contribution < -0.4 is 11.3 Å². The molecule has 1 aromatic carbocycles. The van der Waals surface area contributed by atoms with E-state index in [1.807, 2.05) is 0 Å². The van der Waals surface area contributed by atoms with Gasteiger partial charge < -0.3 is 10.5 Å². The highest BCUT2D eigenvalue weighted by atomic mass is 16.5. The van der Waals surface area contributed by atoms with E-state index < -0.39 is 0 Å². The Morgan fingerprint density at radius 3 is 2.68 bits per heavy atom. The second-order valence-electron chi connectivity index (χ2n) is 4.03. The molecule has 0 amide bonds. The third kappa shape index (κ3) is 3.04. The Hall–Kier alpha value is -2.50. The normalized spacial score (nSPS) is 10.4. The molecule has 0 aliphatic carbocycles. The molecule has 0 spiro atoms. The highest BCUT2D eigenvalue weighted by Crippen LogP contribution is 2.08. The van der Waals surface area contributed by atoms with Crippen molar-refractivity contribution in [2.24, 2.45) is 0 Å². The van der Waals surface area contributed by atoms with Crippen LogP contribution in [-0.4, -0.2) is 22.4 Å². The Labute approximate surface area is 109 Å². The highest BCUT2D eigenvalue weighted by molar-refractivity contribution is 5.71. The fraction of sp³-hybridized carbons (Fsp3) is 0.231. The Bertz CT molecular complexity index is 625. The van der Waals surface area contributed by atoms with E-state index in [-0.39, 0.29) is 17.9 Å². The van der Waals surface area contributed by atoms with Crippen LogP contribution in [-0.2, 0) is 16.0 Å². The number of carbonyl (C=O) groups is 1. The van der Waals surface area contributed by atoms with Gasteiger partial charge in [0.25, 0.3) is 5.56 Å². The molecule has 0 unspecified atom stereocenters. The van der Waals surface area contributed by atoms with Gasteiger partial charge in [-0.25, -0.2) is 4.68 Å². The fourth-order valence-corrected chi connectivity index (χ4v) is 1.72. The van der Waals surface area contributed by atoms with E-state index in [1.165, 1.54) is 10.7 Å². The fourth-order valence-electron chi connectivity index (χ4n) is 1.72. The maximum atomic E-state index is 11.8. The van der Waals surface area contributed by atoms with Crippen molar-refractivity contribution in [2.45, 2.75) is 13.3 Å². The second-order valence-corrected chi connectivity index (χ2v) is 4.03. The number of hydrogen-bond donors (Lipinski definition) is 2. The van der Waals surface area contributed by atoms with Crippen LogP contribution >= 0.6 is 0 Å². The maximum absolute atomic E-state index is 11.8. The van der Waals surface area contributed by atoms with Gasteiger partial charge in [-0.15, -0.1) is 0 Å². The van der Waals surface area contributed by atoms with Crippen molar-refractivity contribution in [2.75, 3.05) is 12.3 Å². The van der Waals surface area contributed by atoms with Crippen LogP contribution in [0.3, 0.4) is 0 Å². The van der Waals surface area contributed by atoms with Gasteiger partial charge in [-0.2, -0.15) is 0 Å². The molecule has 0 saturated heterocycles. The predicted molar refractivity (Wildman–Crippen MR) is 71.1 cm³/mol. The molecule has 6 nitrogen and oxygen atoms in total. The van der Waals surface area contributed by atoms with Crippen molar-refractivity contribution in [1.82, 2.24) is 9.78 Å². The smallest absolute Gasteiger partial charge is 0.311 e. The zero-order chi connectivity index (χ0) is 13.8. The molecule has 0 aliphatic rings. The van der Waals surface area contributed by atoms with Crippen LogP contribution in [0.25, 0.3) is 5.69 Å². The summed E-state index contributed by atoms with van der Waals surface area (Å²) in [6.07, 6.45) is 0.0467. The van der Waals surface area contributed by atoms with E-state index >= 15 is 0 Å². The van der Waals surface area contributed by atoms with Crippen LogP contribution in [0.4, 0.5) is 5.69 Å². The van der Waals surface area contributed by atoms with Crippen LogP contribution in [0.2, 0.25) is 0 Å². The molecule has 1 aromatic heterocycles. The molecule has 0 radical (unpaired) electrons. The topological polar surface area (TPSA) is 90.1 Å². The Morgan fingerprint density at radius 1 is 1.37 bits per heavy atom. The highest BCUT2D eigenvalue weighted by Gasteiger charge is 2.09. The van der Waals surface area contributed by atoms with Gasteiger partial charge in [-0.05, 0) is 31.2 Å². The van der Waals surface area contributed by atoms with Gasteiger partial charge in [0, 0.05) is 17.4 Å². The summed E-state index contributed by atoms with van der Waals surface area (Å²) in [5.41, 5.74) is 7.15. The first-order chi connectivity index (χ1) is 9.10. The van der Waals surface area contributed by atoms with Gasteiger partial charge in [-0.3, -0.25) is 14.7 Å². The van der Waals surface area contributed by atoms with E-state index in [1.54, 1.807) is 31.2 Å². The number of aromatic nitrogens is 2. The van der Waals surface area contributed by atoms with E-state index in [0.29, 0.717) is 23.7 Å². The number of nitrogens with two attached hydrogens (primary N) is 1. The van der Waals surface area contributed by atoms with Crippen molar-refractivity contribution < 1.29 is 9.53 Å². The zero-order valence-electron chi connectivity index (χ0n) is 10.6. The summed E-state index contributed by atoms with van der Waals surface area (Å²) in [4.78, 5) is 23.2. The maximum Gasteiger partial charge on any atom is 0.311 e. The number of hydrogen-bond acceptors (Lipinski definition) is 4. The Kier molecular flexibility index (Phi) is 3.70. The number of aromatic amines is 1. The number of rotatable bonds is 4. The van der Waals surface area contributed by atoms with Crippen LogP contribution in [0, 0.1) is 0 Å². The predicted octanol–water partition coefficient (Wildman–Crippen LogP) is 0.853. The van der Waals surface area contributed by atoms with Gasteiger partial charge in [0.1, 0.15) is 0 Å². The molecular formula is C13H15N3O3. The van der Waals surface area contributed by atoms with E-state index in [9.17, 15) is 9.59 Å². The Morgan fingerprint density at radius 2 is 2.05 bits per heavy atom. The first-order valence-corrected chi connectivity index (χ1v) is 5.92. The standard InChI is InChI=1S/C13H15N3O3/c1-2-19-13(18)8-10-7-12(17)16(15-10)11-5-3-9(14)4-6-11/h3-7,15H,2,8,14H2,1H3. The quantitative estimate of drug-likeness (QED) is 0.630. The molecule has 3 N–H and O–H groups in total. The summed E-state index contributed by atoms with van der Waals surface area (Å²) < 4.78 is 6.18. The van der Waals surface area contributed by atoms with Gasteiger partial charge >= 0.3 is 5.97 Å². The molecular weight excluding hydrogens is 246 g/mol. The third-order valence-corrected chi connectivity index (χ3v) is 2.56. The van der Waals surface area contributed by atoms with Crippen molar-refractivity contribution in [3.8, 4) is 5.69 Å². The van der Waals surface area contributed by atoms with E-state index in [4.69, 9.17) is 10.5 Å². The minimum Gasteiger partial charge on any atom is -0.466 e. The number of nitrogens with zero attached hydrogens (tertiary/aromatic N) is 1. The van der Waals surface area contributed by atoms with Gasteiger partial charge in [0.15, 0.2) is 0 Å². The molecule has 100 valence electrons. The van der Waals surface area contributed by atoms with Gasteiger partial charge in [-0.1, -0.05) is 0 Å². The van der Waals surface area contributed by atoms with E-state index in [0.717, 1.165) is 0 Å². The summed E-state index contributed by atoms with van der Waals surface area (Å²) in [5.74, 6) is -0.367. The molecule has 0 saturated carbocycles. The molecule has 0 bridgehead atoms. The summed E-state index contributed by atoms with van der Waals surface area (Å²) >= 11 is 0. The lowest BCUT2D eigenvalue weighted by Crippen LogP contribution is -2.13. The van der Waals surface area contributed by atoms with E-state index in [2.05, 4.69) is 5.10 Å². The monoisotopic (exact) mass is 261 g/mol. The summed E-state index contributed by atoms with van der Waals surface area (Å²) in [6, 6.07) is 8.23. The molecule has 19 heavy (non-hydrogen) atoms. The number of nitrogen functional groups attached to an aromatic ring is 1. The lowest BCUT2D eigenvalue weighted by molar-refractivity contribution is -0.142. The lowest BCUT2D eigenvalue weighted by Gasteiger charge is -2.02. The van der Waals surface area contributed by atoms with Crippen molar-refractivity contribution in [1.29, 1.82) is 0 Å². The molecule has 1 heterocycles. The number of esters is 1. The molecule has 0 atom stereocenters. The number of benzene rings is 1. The van der Waals surface area contributed by atoms with Crippen LogP contribution in [0.15, 0.2) is 35.1 Å². The summed E-state index contributed by atoms with van der Waals surface area (Å²) in [7, 11) is 0. The average Bonchev–Trinajstić information content (AvgIpc) is 2.71. The first-order valence-electron chi connectivity index (χ1n) is 5.92. The van der Waals surface area contributed by atoms with Crippen molar-refractivity contribution >= 4 is 11.7 Å². The van der Waals surface area contributed by atoms with Gasteiger partial charge in [0.2, 0.25) is 0 Å². The summed E-state index contributed by atoms with van der Waals surface area (Å²) in [6.45, 7) is 2.06. The van der Waals surface area contributed by atoms with Crippen molar-refractivity contribution in [3.63, 3.8) is 0 Å². The minimum atomic E-state index is -0.367. The zero-order valence-corrected chi connectivity index (χ0v) is 10.6. The average molecular weight is 261 g/mol. The van der Waals surface area contributed by atoms with Crippen LogP contribution in [0.5, 0.6) is 0 Å². The molecule has 2 aromatic rings. The van der Waals surface area contributed by atoms with Crippen molar-refractivity contribution in [3.05, 3.63) is 46.4 Å². The largest absolute Gasteiger partial charge is 0.466 e. The molecule has 0 aliphatic heterocycles. The lowest BCUT2D eigenvalue weighted by atomic mass is 10.3. The number of ether oxygens (including phenoxy) is 1. The number of anilines is 1. The molecule has 2 rings (SSSR count). The summed E-state index contributed by atoms with van der Waals surface area (Å²) in [5, 5.41) is 2.87. The molecule has 6 heteroatoms. The number of carbonyl (C=O) groups excluding carboxylic acids is 1. The SMILES string of the molecule is CCOC(=O)Cc1cc(=O)n(-c2ccc(N)cc2)[nH]1.